The molecule has 1 aliphatic rings. The zero-order valence-corrected chi connectivity index (χ0v) is 32.6. The highest BCUT2D eigenvalue weighted by atomic mass is 16.7. The van der Waals surface area contributed by atoms with Crippen molar-refractivity contribution in [2.45, 2.75) is 90.5 Å². The Morgan fingerprint density at radius 2 is 1.28 bits per heavy atom. The van der Waals surface area contributed by atoms with E-state index in [0.29, 0.717) is 23.4 Å². The van der Waals surface area contributed by atoms with Crippen LogP contribution in [0.2, 0.25) is 0 Å². The van der Waals surface area contributed by atoms with Crippen molar-refractivity contribution in [2.24, 2.45) is 0 Å². The third-order valence-corrected chi connectivity index (χ3v) is 8.75. The van der Waals surface area contributed by atoms with E-state index in [-0.39, 0.29) is 31.8 Å². The number of anilines is 1. The molecule has 14 heteroatoms. The van der Waals surface area contributed by atoms with Gasteiger partial charge in [0.25, 0.3) is 0 Å². The van der Waals surface area contributed by atoms with Crippen LogP contribution in [0.25, 0.3) is 0 Å². The lowest BCUT2D eigenvalue weighted by atomic mass is 9.85. The number of ether oxygens (including phenoxy) is 5. The number of fused-ring (bicyclic) bond motifs is 1. The number of aryl methyl sites for hydroxylation is 1. The SMILES string of the molecule is C[C@H](NC(=O)OCc1ccccc1)C(=O)N[C@@H](C)C(=O)Nc1ccccc1Oc1cccc2c1C[C@](NC(=O)OC(C)(C)C)(OC(=O)OCc1ccccc1)CC2. The largest absolute Gasteiger partial charge is 0.510 e. The molecule has 0 saturated carbocycles. The molecule has 3 atom stereocenters. The number of rotatable bonds is 13. The molecule has 1 aliphatic carbocycles. The van der Waals surface area contributed by atoms with Gasteiger partial charge in [-0.25, -0.2) is 14.4 Å². The number of benzene rings is 4. The van der Waals surface area contributed by atoms with E-state index in [1.165, 1.54) is 13.8 Å². The van der Waals surface area contributed by atoms with Crippen LogP contribution in [0.15, 0.2) is 103 Å². The van der Waals surface area contributed by atoms with Crippen LogP contribution in [-0.4, -0.2) is 53.6 Å². The molecule has 0 aliphatic heterocycles. The van der Waals surface area contributed by atoms with E-state index in [0.717, 1.165) is 16.7 Å². The van der Waals surface area contributed by atoms with Crippen molar-refractivity contribution in [3.63, 3.8) is 0 Å². The van der Waals surface area contributed by atoms with E-state index in [1.807, 2.05) is 72.8 Å². The average Bonchev–Trinajstić information content (AvgIpc) is 3.17. The van der Waals surface area contributed by atoms with Gasteiger partial charge >= 0.3 is 18.3 Å². The molecule has 4 aromatic carbocycles. The Bertz CT molecular complexity index is 2040. The second kappa shape index (κ2) is 18.8. The van der Waals surface area contributed by atoms with Gasteiger partial charge in [-0.15, -0.1) is 0 Å². The molecular formula is C43H48N4O10. The van der Waals surface area contributed by atoms with Gasteiger partial charge in [0.2, 0.25) is 11.8 Å². The summed E-state index contributed by atoms with van der Waals surface area (Å²) in [5, 5.41) is 10.7. The molecule has 0 aromatic heterocycles. The predicted molar refractivity (Wildman–Crippen MR) is 210 cm³/mol. The smallest absolute Gasteiger partial charge is 0.455 e. The van der Waals surface area contributed by atoms with E-state index in [9.17, 15) is 24.0 Å². The average molecular weight is 781 g/mol. The standard InChI is InChI=1S/C43H48N4O10/c1-28(44-37(48)29(2)45-39(50)53-26-30-15-8-6-9-16-30)38(49)46-34-20-12-13-21-36(34)55-35-22-14-19-32-23-24-43(25-33(32)35,47-40(51)56-42(3,4)5)57-41(52)54-27-31-17-10-7-11-18-31/h6-22,28-29H,23-27H2,1-5H3,(H,44,48)(H,45,50)(H,46,49)(H,47,51)/t28-,29-,43+/m0/s1. The highest BCUT2D eigenvalue weighted by Gasteiger charge is 2.43. The van der Waals surface area contributed by atoms with Crippen LogP contribution in [0.1, 0.15) is 63.3 Å². The van der Waals surface area contributed by atoms with Crippen LogP contribution in [0.4, 0.5) is 20.1 Å². The molecule has 0 saturated heterocycles. The maximum Gasteiger partial charge on any atom is 0.510 e. The summed E-state index contributed by atoms with van der Waals surface area (Å²) in [7, 11) is 0. The Labute approximate surface area is 331 Å². The Morgan fingerprint density at radius 3 is 1.95 bits per heavy atom. The molecule has 57 heavy (non-hydrogen) atoms. The van der Waals surface area contributed by atoms with Crippen LogP contribution in [0, 0.1) is 0 Å². The fourth-order valence-electron chi connectivity index (χ4n) is 5.90. The van der Waals surface area contributed by atoms with E-state index in [4.69, 9.17) is 23.7 Å². The van der Waals surface area contributed by atoms with Gasteiger partial charge in [0.05, 0.1) is 5.69 Å². The molecule has 0 unspecified atom stereocenters. The van der Waals surface area contributed by atoms with Crippen molar-refractivity contribution >= 4 is 35.8 Å². The van der Waals surface area contributed by atoms with Crippen molar-refractivity contribution in [1.29, 1.82) is 0 Å². The highest BCUT2D eigenvalue weighted by Crippen LogP contribution is 2.39. The third-order valence-electron chi connectivity index (χ3n) is 8.75. The van der Waals surface area contributed by atoms with Gasteiger partial charge in [-0.05, 0) is 75.9 Å². The first-order valence-corrected chi connectivity index (χ1v) is 18.6. The first kappa shape index (κ1) is 41.6. The lowest BCUT2D eigenvalue weighted by molar-refractivity contribution is -0.127. The van der Waals surface area contributed by atoms with Crippen molar-refractivity contribution in [3.05, 3.63) is 125 Å². The summed E-state index contributed by atoms with van der Waals surface area (Å²) in [5.74, 6) is -0.458. The lowest BCUT2D eigenvalue weighted by Gasteiger charge is -2.38. The third kappa shape index (κ3) is 12.5. The number of para-hydroxylation sites is 2. The number of nitrogens with one attached hydrogen (secondary N) is 4. The molecule has 4 amide bonds. The van der Waals surface area contributed by atoms with E-state index >= 15 is 0 Å². The van der Waals surface area contributed by atoms with Gasteiger partial charge in [0.1, 0.15) is 36.6 Å². The summed E-state index contributed by atoms with van der Waals surface area (Å²) < 4.78 is 28.5. The number of hydrogen-bond donors (Lipinski definition) is 4. The van der Waals surface area contributed by atoms with Crippen molar-refractivity contribution in [2.75, 3.05) is 5.32 Å². The first-order valence-electron chi connectivity index (χ1n) is 18.6. The number of amides is 4. The van der Waals surface area contributed by atoms with E-state index in [2.05, 4.69) is 21.3 Å². The Kier molecular flexibility index (Phi) is 13.8. The van der Waals surface area contributed by atoms with Crippen molar-refractivity contribution in [3.8, 4) is 11.5 Å². The summed E-state index contributed by atoms with van der Waals surface area (Å²) in [6, 6.07) is 28.5. The van der Waals surface area contributed by atoms with Crippen LogP contribution >= 0.6 is 0 Å². The van der Waals surface area contributed by atoms with Gasteiger partial charge in [0, 0.05) is 18.4 Å². The molecule has 14 nitrogen and oxygen atoms in total. The summed E-state index contributed by atoms with van der Waals surface area (Å²) in [4.78, 5) is 64.7. The van der Waals surface area contributed by atoms with Crippen molar-refractivity contribution in [1.82, 2.24) is 16.0 Å². The quantitative estimate of drug-likeness (QED) is 0.0611. The number of alkyl carbamates (subject to hydrolysis) is 2. The maximum atomic E-state index is 13.3. The van der Waals surface area contributed by atoms with Crippen LogP contribution in [-0.2, 0) is 54.6 Å². The van der Waals surface area contributed by atoms with Crippen LogP contribution in [0.5, 0.6) is 11.5 Å². The molecule has 0 spiro atoms. The van der Waals surface area contributed by atoms with E-state index in [1.54, 1.807) is 51.1 Å². The molecule has 0 bridgehead atoms. The highest BCUT2D eigenvalue weighted by molar-refractivity contribution is 5.98. The molecule has 300 valence electrons. The number of carbonyl (C=O) groups is 5. The molecule has 0 fully saturated rings. The second-order valence-corrected chi connectivity index (χ2v) is 14.6. The summed E-state index contributed by atoms with van der Waals surface area (Å²) in [6.07, 6.45) is -1.88. The monoisotopic (exact) mass is 780 g/mol. The fourth-order valence-corrected chi connectivity index (χ4v) is 5.90. The van der Waals surface area contributed by atoms with Gasteiger partial charge in [0.15, 0.2) is 11.5 Å². The lowest BCUT2D eigenvalue weighted by Crippen LogP contribution is -2.56. The minimum absolute atomic E-state index is 0.0157. The maximum absolute atomic E-state index is 13.3. The molecular weight excluding hydrogens is 732 g/mol. The number of hydrogen-bond acceptors (Lipinski definition) is 10. The van der Waals surface area contributed by atoms with Gasteiger partial charge in [-0.2, -0.15) is 0 Å². The molecule has 4 aromatic rings. The van der Waals surface area contributed by atoms with E-state index < -0.39 is 53.6 Å². The van der Waals surface area contributed by atoms with Crippen LogP contribution < -0.4 is 26.0 Å². The normalized spacial score (nSPS) is 15.7. The Morgan fingerprint density at radius 1 is 0.684 bits per heavy atom. The Balaban J connectivity index is 1.25. The van der Waals surface area contributed by atoms with Gasteiger partial charge in [-0.1, -0.05) is 84.9 Å². The van der Waals surface area contributed by atoms with Gasteiger partial charge in [-0.3, -0.25) is 14.9 Å². The molecule has 0 heterocycles. The summed E-state index contributed by atoms with van der Waals surface area (Å²) in [5.41, 5.74) is 1.06. The number of carbonyl (C=O) groups excluding carboxylic acids is 5. The minimum atomic E-state index is -1.55. The second-order valence-electron chi connectivity index (χ2n) is 14.6. The Hall–Kier alpha value is -6.57. The minimum Gasteiger partial charge on any atom is -0.455 e. The van der Waals surface area contributed by atoms with Crippen molar-refractivity contribution < 1.29 is 47.7 Å². The zero-order chi connectivity index (χ0) is 41.0. The van der Waals surface area contributed by atoms with Gasteiger partial charge < -0.3 is 39.6 Å². The molecule has 5 rings (SSSR count). The molecule has 0 radical (unpaired) electrons. The summed E-state index contributed by atoms with van der Waals surface area (Å²) >= 11 is 0. The van der Waals surface area contributed by atoms with Crippen LogP contribution in [0.3, 0.4) is 0 Å². The molecule has 4 N–H and O–H groups in total. The first-order chi connectivity index (χ1) is 27.2. The predicted octanol–water partition coefficient (Wildman–Crippen LogP) is 7.30. The fraction of sp³-hybridized carbons (Fsp3) is 0.326. The summed E-state index contributed by atoms with van der Waals surface area (Å²) in [6.45, 7) is 8.17. The zero-order valence-electron chi connectivity index (χ0n) is 32.6. The topological polar surface area (TPSA) is 180 Å².